The van der Waals surface area contributed by atoms with Gasteiger partial charge in [-0.2, -0.15) is 0 Å². The van der Waals surface area contributed by atoms with E-state index in [-0.39, 0.29) is 11.7 Å². The smallest absolute Gasteiger partial charge is 0.234 e. The quantitative estimate of drug-likeness (QED) is 0.275. The van der Waals surface area contributed by atoms with Crippen molar-refractivity contribution in [2.24, 2.45) is 0 Å². The van der Waals surface area contributed by atoms with Crippen LogP contribution in [0.2, 0.25) is 10.0 Å². The predicted octanol–water partition coefficient (Wildman–Crippen LogP) is 5.91. The number of allylic oxidation sites excluding steroid dienone is 1. The van der Waals surface area contributed by atoms with Crippen LogP contribution >= 0.6 is 35.0 Å². The summed E-state index contributed by atoms with van der Waals surface area (Å²) in [6, 6.07) is 14.5. The number of rotatable bonds is 7. The Morgan fingerprint density at radius 3 is 2.67 bits per heavy atom. The lowest BCUT2D eigenvalue weighted by molar-refractivity contribution is -0.113. The zero-order chi connectivity index (χ0) is 21.1. The number of benzene rings is 2. The van der Waals surface area contributed by atoms with Gasteiger partial charge in [0.25, 0.3) is 0 Å². The Balaban J connectivity index is 1.51. The molecule has 0 aliphatic heterocycles. The van der Waals surface area contributed by atoms with Gasteiger partial charge in [0.2, 0.25) is 11.7 Å². The molecule has 0 bridgehead atoms. The van der Waals surface area contributed by atoms with Gasteiger partial charge in [-0.1, -0.05) is 59.2 Å². The minimum absolute atomic E-state index is 0.138. The Bertz CT molecular complexity index is 1180. The first-order valence-corrected chi connectivity index (χ1v) is 10.7. The first-order chi connectivity index (χ1) is 14.5. The summed E-state index contributed by atoms with van der Waals surface area (Å²) in [5.41, 5.74) is 1.31. The van der Waals surface area contributed by atoms with Crippen LogP contribution in [0.4, 0.5) is 5.69 Å². The molecule has 0 atom stereocenters. The third-order valence-corrected chi connectivity index (χ3v) is 5.56. The van der Waals surface area contributed by atoms with E-state index in [9.17, 15) is 4.79 Å². The number of carbonyl (C=O) groups is 1. The Labute approximate surface area is 186 Å². The molecule has 152 valence electrons. The van der Waals surface area contributed by atoms with Crippen molar-refractivity contribution >= 4 is 57.5 Å². The highest BCUT2D eigenvalue weighted by Crippen LogP contribution is 2.29. The van der Waals surface area contributed by atoms with Gasteiger partial charge in [0.05, 0.1) is 5.75 Å². The maximum atomic E-state index is 12.4. The number of carbonyl (C=O) groups excluding carboxylic acids is 1. The second kappa shape index (κ2) is 8.95. The summed E-state index contributed by atoms with van der Waals surface area (Å²) in [7, 11) is 0. The predicted molar refractivity (Wildman–Crippen MR) is 121 cm³/mol. The van der Waals surface area contributed by atoms with Crippen LogP contribution in [0.5, 0.6) is 0 Å². The number of hydrogen-bond acceptors (Lipinski definition) is 5. The number of amides is 1. The molecule has 4 rings (SSSR count). The van der Waals surface area contributed by atoms with Crippen LogP contribution in [0.15, 0.2) is 70.8 Å². The Kier molecular flexibility index (Phi) is 6.13. The number of fused-ring (bicyclic) bond motifs is 1. The maximum absolute atomic E-state index is 12.4. The molecule has 0 aliphatic carbocycles. The monoisotopic (exact) mass is 458 g/mol. The SMILES string of the molecule is C=CCn1c(SCC(=O)Nc2cc(Cl)cc(Cl)c2)nnc1-c1cc2ccccc2o1. The van der Waals surface area contributed by atoms with E-state index in [0.29, 0.717) is 39.0 Å². The molecule has 0 unspecified atom stereocenters. The van der Waals surface area contributed by atoms with E-state index in [1.165, 1.54) is 11.8 Å². The molecular weight excluding hydrogens is 443 g/mol. The first kappa shape index (κ1) is 20.5. The Hall–Kier alpha value is -2.74. The molecule has 0 saturated heterocycles. The molecule has 6 nitrogen and oxygen atoms in total. The number of hydrogen-bond donors (Lipinski definition) is 1. The first-order valence-electron chi connectivity index (χ1n) is 8.95. The molecule has 4 aromatic rings. The maximum Gasteiger partial charge on any atom is 0.234 e. The normalized spacial score (nSPS) is 11.0. The topological polar surface area (TPSA) is 73.0 Å². The van der Waals surface area contributed by atoms with E-state index in [4.69, 9.17) is 27.6 Å². The van der Waals surface area contributed by atoms with Gasteiger partial charge in [0.1, 0.15) is 5.58 Å². The number of furan rings is 1. The van der Waals surface area contributed by atoms with Crippen LogP contribution in [0.3, 0.4) is 0 Å². The average molecular weight is 459 g/mol. The fraction of sp³-hybridized carbons (Fsp3) is 0.0952. The summed E-state index contributed by atoms with van der Waals surface area (Å²) >= 11 is 13.2. The lowest BCUT2D eigenvalue weighted by atomic mass is 10.2. The van der Waals surface area contributed by atoms with Crippen molar-refractivity contribution < 1.29 is 9.21 Å². The summed E-state index contributed by atoms with van der Waals surface area (Å²) in [5, 5.41) is 13.8. The Morgan fingerprint density at radius 2 is 1.93 bits per heavy atom. The van der Waals surface area contributed by atoms with Crippen molar-refractivity contribution in [1.82, 2.24) is 14.8 Å². The van der Waals surface area contributed by atoms with E-state index in [1.807, 2.05) is 34.9 Å². The Morgan fingerprint density at radius 1 is 1.17 bits per heavy atom. The molecule has 9 heteroatoms. The fourth-order valence-corrected chi connectivity index (χ4v) is 4.19. The molecule has 1 N–H and O–H groups in total. The number of anilines is 1. The molecule has 0 fully saturated rings. The summed E-state index contributed by atoms with van der Waals surface area (Å²) in [6.45, 7) is 4.28. The van der Waals surface area contributed by atoms with Crippen molar-refractivity contribution in [2.75, 3.05) is 11.1 Å². The molecule has 2 heterocycles. The van der Waals surface area contributed by atoms with Crippen molar-refractivity contribution in [3.05, 3.63) is 71.2 Å². The zero-order valence-corrected chi connectivity index (χ0v) is 18.0. The lowest BCUT2D eigenvalue weighted by Gasteiger charge is -2.08. The molecule has 0 saturated carbocycles. The van der Waals surface area contributed by atoms with Crippen molar-refractivity contribution in [3.63, 3.8) is 0 Å². The van der Waals surface area contributed by atoms with E-state index < -0.39 is 0 Å². The van der Waals surface area contributed by atoms with E-state index >= 15 is 0 Å². The van der Waals surface area contributed by atoms with Crippen molar-refractivity contribution in [1.29, 1.82) is 0 Å². The highest BCUT2D eigenvalue weighted by molar-refractivity contribution is 7.99. The highest BCUT2D eigenvalue weighted by atomic mass is 35.5. The van der Waals surface area contributed by atoms with Gasteiger partial charge in [0, 0.05) is 27.7 Å². The lowest BCUT2D eigenvalue weighted by Crippen LogP contribution is -2.14. The molecular formula is C21H16Cl2N4O2S. The largest absolute Gasteiger partial charge is 0.453 e. The second-order valence-corrected chi connectivity index (χ2v) is 8.16. The van der Waals surface area contributed by atoms with Crippen molar-refractivity contribution in [3.8, 4) is 11.6 Å². The van der Waals surface area contributed by atoms with Crippen LogP contribution < -0.4 is 5.32 Å². The minimum atomic E-state index is -0.211. The van der Waals surface area contributed by atoms with Gasteiger partial charge in [-0.15, -0.1) is 16.8 Å². The number of aromatic nitrogens is 3. The molecule has 0 spiro atoms. The van der Waals surface area contributed by atoms with Crippen molar-refractivity contribution in [2.45, 2.75) is 11.7 Å². The van der Waals surface area contributed by atoms with Gasteiger partial charge in [-0.3, -0.25) is 9.36 Å². The van der Waals surface area contributed by atoms with Gasteiger partial charge in [0.15, 0.2) is 10.9 Å². The molecule has 0 aliphatic rings. The third-order valence-electron chi connectivity index (χ3n) is 4.15. The molecule has 1 amide bonds. The summed E-state index contributed by atoms with van der Waals surface area (Å²) < 4.78 is 7.77. The molecule has 30 heavy (non-hydrogen) atoms. The second-order valence-electron chi connectivity index (χ2n) is 6.35. The molecule has 2 aromatic heterocycles. The summed E-state index contributed by atoms with van der Waals surface area (Å²) in [6.07, 6.45) is 1.74. The van der Waals surface area contributed by atoms with E-state index in [2.05, 4.69) is 22.1 Å². The van der Waals surface area contributed by atoms with Crippen LogP contribution in [0.1, 0.15) is 0 Å². The average Bonchev–Trinajstić information content (AvgIpc) is 3.29. The van der Waals surface area contributed by atoms with Crippen LogP contribution in [-0.2, 0) is 11.3 Å². The van der Waals surface area contributed by atoms with E-state index in [1.54, 1.807) is 24.3 Å². The fourth-order valence-electron chi connectivity index (χ4n) is 2.92. The van der Waals surface area contributed by atoms with E-state index in [0.717, 1.165) is 11.0 Å². The van der Waals surface area contributed by atoms with Gasteiger partial charge in [-0.05, 0) is 30.3 Å². The third kappa shape index (κ3) is 4.53. The number of thioether (sulfide) groups is 1. The summed E-state index contributed by atoms with van der Waals surface area (Å²) in [4.78, 5) is 12.4. The zero-order valence-electron chi connectivity index (χ0n) is 15.6. The number of halogens is 2. The minimum Gasteiger partial charge on any atom is -0.453 e. The van der Waals surface area contributed by atoms with Gasteiger partial charge in [-0.25, -0.2) is 0 Å². The number of nitrogens with zero attached hydrogens (tertiary/aromatic N) is 3. The molecule has 2 aromatic carbocycles. The van der Waals surface area contributed by atoms with Gasteiger partial charge >= 0.3 is 0 Å². The van der Waals surface area contributed by atoms with Crippen LogP contribution in [0.25, 0.3) is 22.6 Å². The van der Waals surface area contributed by atoms with Crippen LogP contribution in [-0.4, -0.2) is 26.4 Å². The number of para-hydroxylation sites is 1. The highest BCUT2D eigenvalue weighted by Gasteiger charge is 2.18. The number of nitrogens with one attached hydrogen (secondary N) is 1. The van der Waals surface area contributed by atoms with Gasteiger partial charge < -0.3 is 9.73 Å². The summed E-state index contributed by atoms with van der Waals surface area (Å²) in [5.74, 6) is 1.11. The molecule has 0 radical (unpaired) electrons. The standard InChI is InChI=1S/C21H16Cl2N4O2S/c1-2-7-27-20(18-8-13-5-3-4-6-17(13)29-18)25-26-21(27)30-12-19(28)24-16-10-14(22)9-15(23)11-16/h2-6,8-11H,1,7,12H2,(H,24,28). The van der Waals surface area contributed by atoms with Crippen LogP contribution in [0, 0.1) is 0 Å².